The van der Waals surface area contributed by atoms with Gasteiger partial charge in [0.25, 0.3) is 0 Å². The zero-order valence-electron chi connectivity index (χ0n) is 41.6. The van der Waals surface area contributed by atoms with Crippen LogP contribution in [0.25, 0.3) is 0 Å². The first kappa shape index (κ1) is 61.5. The molecule has 14 nitrogen and oxygen atoms in total. The summed E-state index contributed by atoms with van der Waals surface area (Å²) in [5.74, 6) is -0.224. The first-order valence-electron chi connectivity index (χ1n) is 26.2. The number of hydrogen-bond acceptors (Lipinski definition) is 13. The maximum Gasteiger partial charge on any atom is 0.220 e. The fourth-order valence-electron chi connectivity index (χ4n) is 8.18. The van der Waals surface area contributed by atoms with Crippen molar-refractivity contribution in [3.05, 3.63) is 72.9 Å². The van der Waals surface area contributed by atoms with Gasteiger partial charge in [0.15, 0.2) is 12.6 Å². The second-order valence-corrected chi connectivity index (χ2v) is 18.3. The number of ether oxygens (including phenoxy) is 4. The predicted octanol–water partition coefficient (Wildman–Crippen LogP) is 7.21. The molecule has 12 unspecified atom stereocenters. The van der Waals surface area contributed by atoms with Crippen molar-refractivity contribution in [3.63, 3.8) is 0 Å². The molecule has 14 heteroatoms. The summed E-state index contributed by atoms with van der Waals surface area (Å²) in [5.41, 5.74) is 0. The summed E-state index contributed by atoms with van der Waals surface area (Å²) in [6.45, 7) is 2.65. The fraction of sp³-hybridized carbons (Fsp3) is 0.759. The standard InChI is InChI=1S/C54H93NO13/c1-3-5-7-9-11-12-13-14-15-16-17-18-19-20-21-22-23-24-25-26-27-28-29-30-32-34-36-38-46(59)55-42(43(58)37-35-33-31-10-8-6-4-2)41-65-53-51(64)49(62)52(45(40-57)67-53)68-54-50(63)48(61)47(60)44(39-56)66-54/h5,7,11-12,14-15,17-18,20-21,23-24,42-45,47-54,56-58,60-64H,3-4,6,8-10,13,16,19,22,25-41H2,1-2H3,(H,55,59)/b7-5-,12-11-,15-14-,18-17-,21-20-,24-23-. The van der Waals surface area contributed by atoms with Gasteiger partial charge in [-0.3, -0.25) is 4.79 Å². The Morgan fingerprint density at radius 2 is 1.01 bits per heavy atom. The quantitative estimate of drug-likeness (QED) is 0.0220. The average Bonchev–Trinajstić information content (AvgIpc) is 3.34. The lowest BCUT2D eigenvalue weighted by Crippen LogP contribution is -2.65. The number of amides is 1. The maximum absolute atomic E-state index is 13.1. The maximum atomic E-state index is 13.1. The van der Waals surface area contributed by atoms with E-state index >= 15 is 0 Å². The number of carbonyl (C=O) groups excluding carboxylic acids is 1. The summed E-state index contributed by atoms with van der Waals surface area (Å²) in [6, 6.07) is -0.834. The van der Waals surface area contributed by atoms with Crippen LogP contribution in [0.1, 0.15) is 168 Å². The molecule has 2 saturated heterocycles. The van der Waals surface area contributed by atoms with Crippen molar-refractivity contribution in [2.75, 3.05) is 19.8 Å². The molecule has 0 radical (unpaired) electrons. The minimum Gasteiger partial charge on any atom is -0.394 e. The van der Waals surface area contributed by atoms with Crippen molar-refractivity contribution < 1.29 is 64.6 Å². The summed E-state index contributed by atoms with van der Waals surface area (Å²) < 4.78 is 22.7. The second-order valence-electron chi connectivity index (χ2n) is 18.3. The van der Waals surface area contributed by atoms with Crippen molar-refractivity contribution in [1.29, 1.82) is 0 Å². The summed E-state index contributed by atoms with van der Waals surface area (Å²) in [6.07, 6.45) is 33.7. The molecule has 2 heterocycles. The Morgan fingerprint density at radius 1 is 0.544 bits per heavy atom. The molecule has 0 bridgehead atoms. The van der Waals surface area contributed by atoms with E-state index in [9.17, 15) is 45.6 Å². The molecular weight excluding hydrogens is 871 g/mol. The molecule has 1 amide bonds. The minimum atomic E-state index is -1.78. The number of rotatable bonds is 39. The van der Waals surface area contributed by atoms with Gasteiger partial charge in [0, 0.05) is 6.42 Å². The van der Waals surface area contributed by atoms with E-state index in [4.69, 9.17) is 18.9 Å². The van der Waals surface area contributed by atoms with Crippen LogP contribution in [0.2, 0.25) is 0 Å². The van der Waals surface area contributed by atoms with Crippen LogP contribution in [-0.4, -0.2) is 140 Å². The largest absolute Gasteiger partial charge is 0.394 e. The molecule has 392 valence electrons. The van der Waals surface area contributed by atoms with Crippen molar-refractivity contribution in [2.24, 2.45) is 0 Å². The molecule has 2 rings (SSSR count). The van der Waals surface area contributed by atoms with E-state index in [0.717, 1.165) is 96.3 Å². The summed E-state index contributed by atoms with van der Waals surface area (Å²) in [4.78, 5) is 13.1. The molecule has 9 N–H and O–H groups in total. The van der Waals surface area contributed by atoms with Gasteiger partial charge in [0.2, 0.25) is 5.91 Å². The van der Waals surface area contributed by atoms with Gasteiger partial charge < -0.3 is 65.1 Å². The summed E-state index contributed by atoms with van der Waals surface area (Å²) in [7, 11) is 0. The first-order valence-corrected chi connectivity index (χ1v) is 26.2. The Kier molecular flexibility index (Phi) is 36.3. The van der Waals surface area contributed by atoms with Crippen LogP contribution in [-0.2, 0) is 23.7 Å². The highest BCUT2D eigenvalue weighted by Gasteiger charge is 2.51. The smallest absolute Gasteiger partial charge is 0.220 e. The van der Waals surface area contributed by atoms with Gasteiger partial charge in [-0.1, -0.05) is 170 Å². The first-order chi connectivity index (χ1) is 33.1. The number of allylic oxidation sites excluding steroid dienone is 12. The highest BCUT2D eigenvalue weighted by Crippen LogP contribution is 2.30. The lowest BCUT2D eigenvalue weighted by Gasteiger charge is -2.46. The van der Waals surface area contributed by atoms with Crippen molar-refractivity contribution in [1.82, 2.24) is 5.32 Å². The Morgan fingerprint density at radius 3 is 1.56 bits per heavy atom. The predicted molar refractivity (Wildman–Crippen MR) is 267 cm³/mol. The third-order valence-electron chi connectivity index (χ3n) is 12.4. The van der Waals surface area contributed by atoms with Gasteiger partial charge >= 0.3 is 0 Å². The van der Waals surface area contributed by atoms with Crippen LogP contribution < -0.4 is 5.32 Å². The third kappa shape index (κ3) is 26.6. The van der Waals surface area contributed by atoms with Gasteiger partial charge in [-0.25, -0.2) is 0 Å². The number of hydrogen-bond donors (Lipinski definition) is 9. The Bertz CT molecular complexity index is 1420. The summed E-state index contributed by atoms with van der Waals surface area (Å²) in [5, 5.41) is 86.6. The van der Waals surface area contributed by atoms with Crippen LogP contribution in [0, 0.1) is 0 Å². The SMILES string of the molecule is CC/C=C\C/C=C\C/C=C\C/C=C\C/C=C\C/C=C\CCCCCCCCCCC(=O)NC(COC1OC(CO)C(OC2OC(CO)C(O)C(O)C2O)C(O)C1O)C(O)CCCCCCCCC. The molecule has 0 aromatic rings. The van der Waals surface area contributed by atoms with Crippen LogP contribution in [0.4, 0.5) is 0 Å². The average molecular weight is 964 g/mol. The van der Waals surface area contributed by atoms with Gasteiger partial charge in [0.05, 0.1) is 32.0 Å². The molecule has 68 heavy (non-hydrogen) atoms. The zero-order valence-corrected chi connectivity index (χ0v) is 41.6. The minimum absolute atomic E-state index is 0.224. The number of unbranched alkanes of at least 4 members (excludes halogenated alkanes) is 14. The van der Waals surface area contributed by atoms with Crippen LogP contribution >= 0.6 is 0 Å². The van der Waals surface area contributed by atoms with Crippen molar-refractivity contribution in [2.45, 2.75) is 242 Å². The molecule has 12 atom stereocenters. The topological polar surface area (TPSA) is 228 Å². The fourth-order valence-corrected chi connectivity index (χ4v) is 8.18. The lowest BCUT2D eigenvalue weighted by molar-refractivity contribution is -0.359. The van der Waals surface area contributed by atoms with Crippen LogP contribution in [0.5, 0.6) is 0 Å². The number of carbonyl (C=O) groups is 1. The van der Waals surface area contributed by atoms with E-state index in [2.05, 4.69) is 92.1 Å². The molecule has 0 aliphatic carbocycles. The van der Waals surface area contributed by atoms with Crippen LogP contribution in [0.15, 0.2) is 72.9 Å². The highest BCUT2D eigenvalue weighted by molar-refractivity contribution is 5.76. The molecule has 0 saturated carbocycles. The molecule has 2 fully saturated rings. The second kappa shape index (κ2) is 40.1. The Hall–Kier alpha value is -2.57. The van der Waals surface area contributed by atoms with E-state index in [0.29, 0.717) is 12.8 Å². The van der Waals surface area contributed by atoms with Crippen molar-refractivity contribution >= 4 is 5.91 Å². The Balaban J connectivity index is 1.69. The molecular formula is C54H93NO13. The van der Waals surface area contributed by atoms with Crippen molar-refractivity contribution in [3.8, 4) is 0 Å². The van der Waals surface area contributed by atoms with E-state index in [-0.39, 0.29) is 18.9 Å². The third-order valence-corrected chi connectivity index (χ3v) is 12.4. The molecule has 0 aromatic carbocycles. The van der Waals surface area contributed by atoms with E-state index in [1.807, 2.05) is 0 Å². The lowest BCUT2D eigenvalue weighted by atomic mass is 9.97. The number of nitrogens with one attached hydrogen (secondary N) is 1. The zero-order chi connectivity index (χ0) is 49.6. The monoisotopic (exact) mass is 964 g/mol. The molecule has 2 aliphatic rings. The van der Waals surface area contributed by atoms with Gasteiger partial charge in [-0.2, -0.15) is 0 Å². The molecule has 0 spiro atoms. The van der Waals surface area contributed by atoms with E-state index in [1.54, 1.807) is 0 Å². The number of aliphatic hydroxyl groups is 8. The Labute approximate surface area is 408 Å². The number of aliphatic hydroxyl groups excluding tert-OH is 8. The normalized spacial score (nSPS) is 27.0. The van der Waals surface area contributed by atoms with Gasteiger partial charge in [0.1, 0.15) is 48.8 Å². The molecule has 0 aromatic heterocycles. The highest BCUT2D eigenvalue weighted by atomic mass is 16.7. The van der Waals surface area contributed by atoms with Crippen LogP contribution in [0.3, 0.4) is 0 Å². The van der Waals surface area contributed by atoms with Gasteiger partial charge in [-0.15, -0.1) is 0 Å². The summed E-state index contributed by atoms with van der Waals surface area (Å²) >= 11 is 0. The van der Waals surface area contributed by atoms with Gasteiger partial charge in [-0.05, 0) is 64.2 Å². The van der Waals surface area contributed by atoms with E-state index < -0.39 is 86.8 Å². The van der Waals surface area contributed by atoms with E-state index in [1.165, 1.54) is 38.5 Å². The molecule has 2 aliphatic heterocycles.